The average Bonchev–Trinajstić information content (AvgIpc) is 3.35. The lowest BCUT2D eigenvalue weighted by Crippen LogP contribution is -2.47. The van der Waals surface area contributed by atoms with Crippen LogP contribution in [0, 0.1) is 5.92 Å². The van der Waals surface area contributed by atoms with Crippen LogP contribution in [0.1, 0.15) is 31.4 Å². The molecular weight excluding hydrogens is 392 g/mol. The summed E-state index contributed by atoms with van der Waals surface area (Å²) >= 11 is 0. The third-order valence-electron chi connectivity index (χ3n) is 5.54. The van der Waals surface area contributed by atoms with E-state index in [1.807, 2.05) is 61.5 Å². The number of rotatable bonds is 5. The van der Waals surface area contributed by atoms with Gasteiger partial charge in [-0.1, -0.05) is 30.3 Å². The highest BCUT2D eigenvalue weighted by atomic mass is 16.2. The second-order valence-corrected chi connectivity index (χ2v) is 7.74. The van der Waals surface area contributed by atoms with Crippen molar-refractivity contribution in [3.63, 3.8) is 0 Å². The summed E-state index contributed by atoms with van der Waals surface area (Å²) in [7, 11) is 0. The third-order valence-corrected chi connectivity index (χ3v) is 5.54. The lowest BCUT2D eigenvalue weighted by molar-refractivity contribution is -0.126. The molecule has 0 unspecified atom stereocenters. The second kappa shape index (κ2) is 9.42. The van der Waals surface area contributed by atoms with E-state index >= 15 is 0 Å². The molecule has 0 bridgehead atoms. The molecule has 1 aromatic heterocycles. The first kappa shape index (κ1) is 20.6. The Morgan fingerprint density at radius 3 is 2.58 bits per heavy atom. The van der Waals surface area contributed by atoms with Crippen LogP contribution in [-0.2, 0) is 4.79 Å². The number of carbonyl (C=O) groups excluding carboxylic acids is 2. The molecule has 3 amide bonds. The smallest absolute Gasteiger partial charge is 0.321 e. The van der Waals surface area contributed by atoms with Gasteiger partial charge in [0.25, 0.3) is 0 Å². The number of benzene rings is 2. The van der Waals surface area contributed by atoms with E-state index < -0.39 is 0 Å². The van der Waals surface area contributed by atoms with E-state index in [1.165, 1.54) is 6.33 Å². The molecule has 31 heavy (non-hydrogen) atoms. The van der Waals surface area contributed by atoms with Crippen molar-refractivity contribution in [1.82, 2.24) is 25.0 Å². The van der Waals surface area contributed by atoms with Crippen LogP contribution in [0.3, 0.4) is 0 Å². The fraction of sp³-hybridized carbons (Fsp3) is 0.304. The normalized spacial score (nSPS) is 17.1. The van der Waals surface area contributed by atoms with Crippen molar-refractivity contribution in [3.05, 3.63) is 72.8 Å². The van der Waals surface area contributed by atoms with E-state index in [9.17, 15) is 9.59 Å². The van der Waals surface area contributed by atoms with Crippen molar-refractivity contribution in [3.8, 4) is 5.69 Å². The molecule has 3 aromatic rings. The minimum absolute atomic E-state index is 0.0231. The van der Waals surface area contributed by atoms with Crippen LogP contribution in [0.15, 0.2) is 67.3 Å². The zero-order valence-electron chi connectivity index (χ0n) is 17.4. The molecule has 1 fully saturated rings. The van der Waals surface area contributed by atoms with Crippen molar-refractivity contribution < 1.29 is 9.59 Å². The maximum Gasteiger partial charge on any atom is 0.321 e. The van der Waals surface area contributed by atoms with Gasteiger partial charge < -0.3 is 15.5 Å². The number of nitrogens with zero attached hydrogens (tertiary/aromatic N) is 4. The molecule has 0 spiro atoms. The molecule has 160 valence electrons. The van der Waals surface area contributed by atoms with Crippen molar-refractivity contribution in [2.45, 2.75) is 25.8 Å². The first-order chi connectivity index (χ1) is 15.1. The number of aromatic nitrogens is 3. The Labute approximate surface area is 181 Å². The Morgan fingerprint density at radius 2 is 1.87 bits per heavy atom. The quantitative estimate of drug-likeness (QED) is 0.664. The van der Waals surface area contributed by atoms with Gasteiger partial charge in [-0.3, -0.25) is 4.79 Å². The van der Waals surface area contributed by atoms with Gasteiger partial charge in [0.15, 0.2) is 0 Å². The Kier molecular flexibility index (Phi) is 6.26. The molecule has 2 aromatic carbocycles. The molecule has 2 heterocycles. The summed E-state index contributed by atoms with van der Waals surface area (Å²) < 4.78 is 1.68. The Hall–Kier alpha value is -3.68. The zero-order chi connectivity index (χ0) is 21.6. The number of carbonyl (C=O) groups is 2. The monoisotopic (exact) mass is 418 g/mol. The van der Waals surface area contributed by atoms with Gasteiger partial charge in [-0.05, 0) is 49.6 Å². The van der Waals surface area contributed by atoms with Gasteiger partial charge in [0.2, 0.25) is 5.91 Å². The van der Waals surface area contributed by atoms with E-state index in [0.717, 1.165) is 29.8 Å². The second-order valence-electron chi connectivity index (χ2n) is 7.74. The third kappa shape index (κ3) is 5.09. The first-order valence-corrected chi connectivity index (χ1v) is 10.5. The molecular formula is C23H26N6O2. The summed E-state index contributed by atoms with van der Waals surface area (Å²) in [6.45, 7) is 3.04. The van der Waals surface area contributed by atoms with Gasteiger partial charge in [0.1, 0.15) is 12.7 Å². The number of urea groups is 1. The molecule has 8 nitrogen and oxygen atoms in total. The molecule has 4 rings (SSSR count). The summed E-state index contributed by atoms with van der Waals surface area (Å²) in [5, 5.41) is 10.1. The van der Waals surface area contributed by atoms with E-state index in [-0.39, 0.29) is 23.9 Å². The van der Waals surface area contributed by atoms with Gasteiger partial charge in [0.05, 0.1) is 17.6 Å². The summed E-state index contributed by atoms with van der Waals surface area (Å²) in [5.74, 6) is -0.239. The molecule has 2 N–H and O–H groups in total. The number of anilines is 1. The highest BCUT2D eigenvalue weighted by Crippen LogP contribution is 2.21. The Bertz CT molecular complexity index is 1000. The summed E-state index contributed by atoms with van der Waals surface area (Å²) in [5.41, 5.74) is 2.67. The minimum atomic E-state index is -0.216. The number of nitrogens with one attached hydrogen (secondary N) is 2. The minimum Gasteiger partial charge on any atom is -0.349 e. The van der Waals surface area contributed by atoms with Crippen LogP contribution >= 0.6 is 0 Å². The highest BCUT2D eigenvalue weighted by Gasteiger charge is 2.29. The van der Waals surface area contributed by atoms with Crippen molar-refractivity contribution in [2.75, 3.05) is 18.4 Å². The molecule has 1 saturated heterocycles. The Morgan fingerprint density at radius 1 is 1.10 bits per heavy atom. The topological polar surface area (TPSA) is 92.2 Å². The molecule has 2 atom stereocenters. The van der Waals surface area contributed by atoms with Crippen LogP contribution in [0.5, 0.6) is 0 Å². The molecule has 1 aliphatic rings. The SMILES string of the molecule is C[C@H](NC(=O)[C@@H]1CCCN(C(=O)Nc2ccccc2)C1)c1ccc(-n2cncn2)cc1. The lowest BCUT2D eigenvalue weighted by atomic mass is 9.96. The first-order valence-electron chi connectivity index (χ1n) is 10.5. The van der Waals surface area contributed by atoms with E-state index in [4.69, 9.17) is 0 Å². The van der Waals surface area contributed by atoms with Crippen LogP contribution in [-0.4, -0.2) is 44.7 Å². The maximum absolute atomic E-state index is 12.9. The summed E-state index contributed by atoms with van der Waals surface area (Å²) in [4.78, 5) is 31.1. The standard InChI is InChI=1S/C23H26N6O2/c1-17(18-9-11-21(12-10-18)29-16-24-15-25-29)26-22(30)19-6-5-13-28(14-19)23(31)27-20-7-3-2-4-8-20/h2-4,7-12,15-17,19H,5-6,13-14H2,1H3,(H,26,30)(H,27,31)/t17-,19+/m0/s1. The highest BCUT2D eigenvalue weighted by molar-refractivity contribution is 5.90. The van der Waals surface area contributed by atoms with Crippen molar-refractivity contribution in [2.24, 2.45) is 5.92 Å². The maximum atomic E-state index is 12.9. The van der Waals surface area contributed by atoms with Gasteiger partial charge in [-0.15, -0.1) is 0 Å². The average molecular weight is 419 g/mol. The fourth-order valence-electron chi connectivity index (χ4n) is 3.77. The number of hydrogen-bond donors (Lipinski definition) is 2. The number of likely N-dealkylation sites (tertiary alicyclic amines) is 1. The summed E-state index contributed by atoms with van der Waals surface area (Å²) in [6.07, 6.45) is 4.72. The Balaban J connectivity index is 1.32. The fourth-order valence-corrected chi connectivity index (χ4v) is 3.77. The van der Waals surface area contributed by atoms with Crippen LogP contribution in [0.25, 0.3) is 5.69 Å². The van der Waals surface area contributed by atoms with Crippen LogP contribution in [0.4, 0.5) is 10.5 Å². The zero-order valence-corrected chi connectivity index (χ0v) is 17.4. The molecule has 0 radical (unpaired) electrons. The number of para-hydroxylation sites is 1. The predicted octanol–water partition coefficient (Wildman–Crippen LogP) is 3.39. The largest absolute Gasteiger partial charge is 0.349 e. The van der Waals surface area contributed by atoms with Crippen LogP contribution < -0.4 is 10.6 Å². The summed E-state index contributed by atoms with van der Waals surface area (Å²) in [6, 6.07) is 16.9. The van der Waals surface area contributed by atoms with Gasteiger partial charge in [-0.25, -0.2) is 14.5 Å². The van der Waals surface area contributed by atoms with Gasteiger partial charge in [0, 0.05) is 18.8 Å². The molecule has 8 heteroatoms. The number of piperidine rings is 1. The number of hydrogen-bond acceptors (Lipinski definition) is 4. The van der Waals surface area contributed by atoms with E-state index in [1.54, 1.807) is 15.9 Å². The lowest BCUT2D eigenvalue weighted by Gasteiger charge is -2.32. The molecule has 0 aliphatic carbocycles. The van der Waals surface area contributed by atoms with Gasteiger partial charge in [-0.2, -0.15) is 5.10 Å². The predicted molar refractivity (Wildman–Crippen MR) is 118 cm³/mol. The molecule has 1 aliphatic heterocycles. The van der Waals surface area contributed by atoms with Crippen LogP contribution in [0.2, 0.25) is 0 Å². The van der Waals surface area contributed by atoms with E-state index in [2.05, 4.69) is 20.7 Å². The van der Waals surface area contributed by atoms with Crippen molar-refractivity contribution in [1.29, 1.82) is 0 Å². The van der Waals surface area contributed by atoms with Gasteiger partial charge >= 0.3 is 6.03 Å². The van der Waals surface area contributed by atoms with Crippen molar-refractivity contribution >= 4 is 17.6 Å². The number of amides is 3. The molecule has 0 saturated carbocycles. The van der Waals surface area contributed by atoms with E-state index in [0.29, 0.717) is 13.1 Å².